The van der Waals surface area contributed by atoms with Gasteiger partial charge in [-0.2, -0.15) is 0 Å². The predicted molar refractivity (Wildman–Crippen MR) is 130 cm³/mol. The zero-order chi connectivity index (χ0) is 23.5. The quantitative estimate of drug-likeness (QED) is 0.367. The lowest BCUT2D eigenvalue weighted by Gasteiger charge is -2.08. The topological polar surface area (TPSA) is 74.0 Å². The summed E-state index contributed by atoms with van der Waals surface area (Å²) < 4.78 is 14.1. The number of H-pyrrole nitrogens is 1. The Hall–Kier alpha value is -3.93. The van der Waals surface area contributed by atoms with Gasteiger partial charge in [0.05, 0.1) is 5.52 Å². The van der Waals surface area contributed by atoms with Crippen LogP contribution in [0.15, 0.2) is 60.7 Å². The van der Waals surface area contributed by atoms with Crippen molar-refractivity contribution in [2.75, 3.05) is 11.9 Å². The first-order valence-corrected chi connectivity index (χ1v) is 10.9. The first-order valence-electron chi connectivity index (χ1n) is 10.9. The van der Waals surface area contributed by atoms with Crippen LogP contribution >= 0.6 is 0 Å². The molecule has 6 heteroatoms. The van der Waals surface area contributed by atoms with Gasteiger partial charge in [0.2, 0.25) is 5.91 Å². The van der Waals surface area contributed by atoms with Crippen molar-refractivity contribution in [3.05, 3.63) is 88.9 Å². The molecule has 33 heavy (non-hydrogen) atoms. The van der Waals surface area contributed by atoms with Crippen LogP contribution in [-0.4, -0.2) is 23.3 Å². The lowest BCUT2D eigenvalue weighted by atomic mass is 10.0. The molecule has 2 amide bonds. The van der Waals surface area contributed by atoms with E-state index in [9.17, 15) is 14.0 Å². The number of rotatable bonds is 6. The van der Waals surface area contributed by atoms with Crippen LogP contribution in [0.25, 0.3) is 22.0 Å². The van der Waals surface area contributed by atoms with Crippen LogP contribution in [0.1, 0.15) is 34.1 Å². The predicted octanol–water partition coefficient (Wildman–Crippen LogP) is 5.52. The zero-order valence-corrected chi connectivity index (χ0v) is 18.9. The lowest BCUT2D eigenvalue weighted by molar-refractivity contribution is -0.114. The average molecular weight is 444 g/mol. The van der Waals surface area contributed by atoms with Gasteiger partial charge in [0.15, 0.2) is 0 Å². The highest BCUT2D eigenvalue weighted by Gasteiger charge is 2.14. The Labute approximate surface area is 192 Å². The number of nitrogens with one attached hydrogen (secondary N) is 3. The van der Waals surface area contributed by atoms with E-state index < -0.39 is 0 Å². The second kappa shape index (κ2) is 9.28. The van der Waals surface area contributed by atoms with Crippen LogP contribution in [0.5, 0.6) is 0 Å². The summed E-state index contributed by atoms with van der Waals surface area (Å²) in [6.07, 6.45) is 0.612. The van der Waals surface area contributed by atoms with E-state index in [0.29, 0.717) is 24.0 Å². The molecule has 5 nitrogen and oxygen atoms in total. The third-order valence-electron chi connectivity index (χ3n) is 5.78. The van der Waals surface area contributed by atoms with Crippen LogP contribution < -0.4 is 10.6 Å². The Bertz CT molecular complexity index is 1320. The number of hydrogen-bond donors (Lipinski definition) is 3. The van der Waals surface area contributed by atoms with E-state index in [2.05, 4.69) is 15.6 Å². The molecule has 3 N–H and O–H groups in total. The molecule has 0 bridgehead atoms. The third-order valence-corrected chi connectivity index (χ3v) is 5.78. The maximum Gasteiger partial charge on any atom is 0.251 e. The molecule has 1 heterocycles. The van der Waals surface area contributed by atoms with Crippen LogP contribution in [0.2, 0.25) is 0 Å². The number of halogens is 1. The smallest absolute Gasteiger partial charge is 0.251 e. The fourth-order valence-electron chi connectivity index (χ4n) is 4.12. The van der Waals surface area contributed by atoms with Gasteiger partial charge < -0.3 is 15.6 Å². The standard InChI is InChI=1S/C27H26FN3O2/c1-16-4-13-24(28)26-25(16)23(17(2)30-26)14-15-29-27(33)21-7-5-19(6-8-21)20-9-11-22(12-10-20)31-18(3)32/h4-13,30H,14-15H2,1-3H3,(H,29,33)(H,31,32). The molecule has 4 rings (SSSR count). The first kappa shape index (κ1) is 22.3. The number of hydrogen-bond acceptors (Lipinski definition) is 2. The summed E-state index contributed by atoms with van der Waals surface area (Å²) in [5.41, 5.74) is 6.77. The van der Waals surface area contributed by atoms with Crippen LogP contribution in [0.4, 0.5) is 10.1 Å². The van der Waals surface area contributed by atoms with Gasteiger partial charge in [-0.3, -0.25) is 9.59 Å². The highest BCUT2D eigenvalue weighted by atomic mass is 19.1. The SMILES string of the molecule is CC(=O)Nc1ccc(-c2ccc(C(=O)NCCc3c(C)[nH]c4c(F)ccc(C)c34)cc2)cc1. The summed E-state index contributed by atoms with van der Waals surface area (Å²) in [5.74, 6) is -0.526. The number of aromatic nitrogens is 1. The minimum absolute atomic E-state index is 0.111. The minimum Gasteiger partial charge on any atom is -0.356 e. The molecule has 168 valence electrons. The monoisotopic (exact) mass is 443 g/mol. The number of aromatic amines is 1. The molecule has 0 saturated carbocycles. The van der Waals surface area contributed by atoms with E-state index in [1.54, 1.807) is 18.2 Å². The molecule has 0 aliphatic carbocycles. The Morgan fingerprint density at radius 3 is 2.18 bits per heavy atom. The summed E-state index contributed by atoms with van der Waals surface area (Å²) >= 11 is 0. The molecule has 1 aromatic heterocycles. The number of benzene rings is 3. The largest absolute Gasteiger partial charge is 0.356 e. The number of aryl methyl sites for hydroxylation is 2. The molecular formula is C27H26FN3O2. The number of carbonyl (C=O) groups excluding carboxylic acids is 2. The van der Waals surface area contributed by atoms with Crippen molar-refractivity contribution in [1.29, 1.82) is 0 Å². The average Bonchev–Trinajstić information content (AvgIpc) is 3.14. The van der Waals surface area contributed by atoms with Gasteiger partial charge in [0.25, 0.3) is 5.91 Å². The van der Waals surface area contributed by atoms with E-state index in [-0.39, 0.29) is 17.6 Å². The molecule has 0 radical (unpaired) electrons. The second-order valence-corrected chi connectivity index (χ2v) is 8.18. The molecule has 4 aromatic rings. The van der Waals surface area contributed by atoms with Crippen LogP contribution in [0, 0.1) is 19.7 Å². The van der Waals surface area contributed by atoms with Gasteiger partial charge in [0.1, 0.15) is 5.82 Å². The van der Waals surface area contributed by atoms with Crippen molar-refractivity contribution in [3.63, 3.8) is 0 Å². The van der Waals surface area contributed by atoms with Gasteiger partial charge in [-0.25, -0.2) is 4.39 Å². The summed E-state index contributed by atoms with van der Waals surface area (Å²) in [4.78, 5) is 26.9. The number of carbonyl (C=O) groups is 2. The summed E-state index contributed by atoms with van der Waals surface area (Å²) in [6.45, 7) is 5.82. The van der Waals surface area contributed by atoms with Crippen LogP contribution in [0.3, 0.4) is 0 Å². The van der Waals surface area contributed by atoms with Crippen molar-refractivity contribution in [1.82, 2.24) is 10.3 Å². The van der Waals surface area contributed by atoms with Crippen molar-refractivity contribution in [2.24, 2.45) is 0 Å². The Kier molecular flexibility index (Phi) is 6.27. The molecule has 0 saturated heterocycles. The first-order chi connectivity index (χ1) is 15.8. The van der Waals surface area contributed by atoms with E-state index in [0.717, 1.165) is 39.0 Å². The van der Waals surface area contributed by atoms with E-state index in [1.807, 2.05) is 50.2 Å². The summed E-state index contributed by atoms with van der Waals surface area (Å²) in [6, 6.07) is 18.2. The maximum absolute atomic E-state index is 14.1. The number of amides is 2. The van der Waals surface area contributed by atoms with Gasteiger partial charge in [-0.05, 0) is 72.9 Å². The maximum atomic E-state index is 14.1. The fraction of sp³-hybridized carbons (Fsp3) is 0.185. The number of anilines is 1. The highest BCUT2D eigenvalue weighted by Crippen LogP contribution is 2.28. The molecule has 3 aromatic carbocycles. The minimum atomic E-state index is -0.265. The van der Waals surface area contributed by atoms with Gasteiger partial charge >= 0.3 is 0 Å². The van der Waals surface area contributed by atoms with Gasteiger partial charge in [-0.15, -0.1) is 0 Å². The van der Waals surface area contributed by atoms with Crippen molar-refractivity contribution < 1.29 is 14.0 Å². The van der Waals surface area contributed by atoms with E-state index >= 15 is 0 Å². The Morgan fingerprint density at radius 1 is 0.909 bits per heavy atom. The van der Waals surface area contributed by atoms with Crippen LogP contribution in [-0.2, 0) is 11.2 Å². The van der Waals surface area contributed by atoms with Crippen molar-refractivity contribution >= 4 is 28.4 Å². The summed E-state index contributed by atoms with van der Waals surface area (Å²) in [5, 5.41) is 6.60. The second-order valence-electron chi connectivity index (χ2n) is 8.18. The molecule has 0 spiro atoms. The van der Waals surface area contributed by atoms with Gasteiger partial charge in [0, 0.05) is 35.8 Å². The molecule has 0 atom stereocenters. The fourth-order valence-corrected chi connectivity index (χ4v) is 4.12. The number of fused-ring (bicyclic) bond motifs is 1. The summed E-state index contributed by atoms with van der Waals surface area (Å²) in [7, 11) is 0. The van der Waals surface area contributed by atoms with Gasteiger partial charge in [-0.1, -0.05) is 30.3 Å². The van der Waals surface area contributed by atoms with Crippen molar-refractivity contribution in [3.8, 4) is 11.1 Å². The molecular weight excluding hydrogens is 417 g/mol. The van der Waals surface area contributed by atoms with E-state index in [4.69, 9.17) is 0 Å². The molecule has 0 aliphatic rings. The molecule has 0 unspecified atom stereocenters. The lowest BCUT2D eigenvalue weighted by Crippen LogP contribution is -2.25. The molecule has 0 aliphatic heterocycles. The molecule has 0 fully saturated rings. The van der Waals surface area contributed by atoms with Crippen molar-refractivity contribution in [2.45, 2.75) is 27.2 Å². The highest BCUT2D eigenvalue weighted by molar-refractivity contribution is 5.95. The van der Waals surface area contributed by atoms with E-state index in [1.165, 1.54) is 13.0 Å². The Morgan fingerprint density at radius 2 is 1.55 bits per heavy atom. The third kappa shape index (κ3) is 4.80. The normalized spacial score (nSPS) is 10.9. The zero-order valence-electron chi connectivity index (χ0n) is 18.9. The Balaban J connectivity index is 1.40.